The fourth-order valence-corrected chi connectivity index (χ4v) is 5.54. The van der Waals surface area contributed by atoms with E-state index in [1.807, 2.05) is 0 Å². The van der Waals surface area contributed by atoms with Crippen LogP contribution in [0.3, 0.4) is 0 Å². The Bertz CT molecular complexity index is 1130. The molecule has 4 aromatic rings. The Morgan fingerprint density at radius 1 is 0.577 bits per heavy atom. The van der Waals surface area contributed by atoms with Crippen LogP contribution in [0.25, 0.3) is 33.5 Å². The van der Waals surface area contributed by atoms with Crippen molar-refractivity contribution >= 4 is 11.0 Å². The number of fused-ring (bicyclic) bond motifs is 9. The van der Waals surface area contributed by atoms with Crippen molar-refractivity contribution in [3.63, 3.8) is 0 Å². The summed E-state index contributed by atoms with van der Waals surface area (Å²) < 4.78 is 0. The summed E-state index contributed by atoms with van der Waals surface area (Å²) in [6, 6.07) is 17.6. The van der Waals surface area contributed by atoms with Crippen LogP contribution in [0.4, 0.5) is 0 Å². The minimum absolute atomic E-state index is 0.00638. The first-order valence-electron chi connectivity index (χ1n) is 9.40. The summed E-state index contributed by atoms with van der Waals surface area (Å²) in [4.78, 5) is 7.65. The highest BCUT2D eigenvalue weighted by Gasteiger charge is 2.44. The molecule has 2 heteroatoms. The SMILES string of the molecule is CC1(C)c2ccccc2-c2[nH]c3c4c([nH]c3c21)-c1ccccc1C4(C)C. The van der Waals surface area contributed by atoms with Gasteiger partial charge in [0.05, 0.1) is 22.4 Å². The maximum atomic E-state index is 3.83. The van der Waals surface area contributed by atoms with Gasteiger partial charge in [-0.2, -0.15) is 0 Å². The molecule has 2 heterocycles. The maximum absolute atomic E-state index is 3.83. The van der Waals surface area contributed by atoms with Gasteiger partial charge in [-0.3, -0.25) is 0 Å². The molecule has 0 aliphatic heterocycles. The van der Waals surface area contributed by atoms with Crippen molar-refractivity contribution in [1.29, 1.82) is 0 Å². The second-order valence-corrected chi connectivity index (χ2v) is 8.84. The summed E-state index contributed by atoms with van der Waals surface area (Å²) in [7, 11) is 0. The number of nitrogens with one attached hydrogen (secondary N) is 2. The smallest absolute Gasteiger partial charge is 0.0690 e. The van der Waals surface area contributed by atoms with E-state index in [4.69, 9.17) is 0 Å². The van der Waals surface area contributed by atoms with E-state index in [-0.39, 0.29) is 10.8 Å². The fourth-order valence-electron chi connectivity index (χ4n) is 5.54. The first-order chi connectivity index (χ1) is 12.4. The molecule has 2 aliphatic carbocycles. The summed E-state index contributed by atoms with van der Waals surface area (Å²) in [5.41, 5.74) is 13.5. The van der Waals surface area contributed by atoms with Crippen LogP contribution < -0.4 is 0 Å². The van der Waals surface area contributed by atoms with Crippen molar-refractivity contribution in [3.05, 3.63) is 70.8 Å². The van der Waals surface area contributed by atoms with Crippen LogP contribution in [0, 0.1) is 0 Å². The molecule has 128 valence electrons. The molecule has 0 unspecified atom stereocenters. The van der Waals surface area contributed by atoms with E-state index < -0.39 is 0 Å². The van der Waals surface area contributed by atoms with Crippen LogP contribution in [0.2, 0.25) is 0 Å². The maximum Gasteiger partial charge on any atom is 0.0690 e. The highest BCUT2D eigenvalue weighted by atomic mass is 14.9. The number of aromatic amines is 2. The van der Waals surface area contributed by atoms with Crippen LogP contribution in [0.5, 0.6) is 0 Å². The van der Waals surface area contributed by atoms with Crippen molar-refractivity contribution in [2.45, 2.75) is 38.5 Å². The number of rotatable bonds is 0. The Balaban J connectivity index is 1.74. The molecule has 0 bridgehead atoms. The molecule has 2 aromatic carbocycles. The molecule has 2 N–H and O–H groups in total. The van der Waals surface area contributed by atoms with Crippen molar-refractivity contribution in [2.75, 3.05) is 0 Å². The third kappa shape index (κ3) is 1.39. The topological polar surface area (TPSA) is 31.6 Å². The summed E-state index contributed by atoms with van der Waals surface area (Å²) in [5.74, 6) is 0. The Hall–Kier alpha value is -2.74. The number of aromatic nitrogens is 2. The molecule has 26 heavy (non-hydrogen) atoms. The average molecular weight is 338 g/mol. The zero-order valence-electron chi connectivity index (χ0n) is 15.6. The van der Waals surface area contributed by atoms with Crippen molar-refractivity contribution in [2.24, 2.45) is 0 Å². The largest absolute Gasteiger partial charge is 0.353 e. The molecule has 2 nitrogen and oxygen atoms in total. The number of H-pyrrole nitrogens is 2. The molecule has 2 aromatic heterocycles. The molecule has 0 amide bonds. The van der Waals surface area contributed by atoms with Gasteiger partial charge in [0, 0.05) is 33.1 Å². The second kappa shape index (κ2) is 4.15. The van der Waals surface area contributed by atoms with Crippen molar-refractivity contribution in [3.8, 4) is 22.5 Å². The molecule has 0 saturated heterocycles. The minimum Gasteiger partial charge on any atom is -0.353 e. The quantitative estimate of drug-likeness (QED) is 0.388. The lowest BCUT2D eigenvalue weighted by atomic mass is 9.81. The first kappa shape index (κ1) is 14.4. The van der Waals surface area contributed by atoms with Crippen LogP contribution >= 0.6 is 0 Å². The summed E-state index contributed by atoms with van der Waals surface area (Å²) >= 11 is 0. The zero-order valence-corrected chi connectivity index (χ0v) is 15.6. The summed E-state index contributed by atoms with van der Waals surface area (Å²) in [6.45, 7) is 9.37. The highest BCUT2D eigenvalue weighted by Crippen LogP contribution is 2.56. The Morgan fingerprint density at radius 3 is 1.38 bits per heavy atom. The van der Waals surface area contributed by atoms with Crippen LogP contribution in [0.1, 0.15) is 49.9 Å². The fraction of sp³-hybridized carbons (Fsp3) is 0.250. The van der Waals surface area contributed by atoms with Gasteiger partial charge in [-0.1, -0.05) is 76.2 Å². The average Bonchev–Trinajstić information content (AvgIpc) is 3.27. The standard InChI is InChI=1S/C24H22N2/c1-23(2)15-11-7-5-9-13(15)19-17(23)21-22(25-19)18-20(26-21)14-10-6-8-12-16(14)24(18,3)4/h5-12,25-26H,1-4H3. The van der Waals surface area contributed by atoms with E-state index in [1.54, 1.807) is 0 Å². The van der Waals surface area contributed by atoms with E-state index in [2.05, 4.69) is 86.2 Å². The van der Waals surface area contributed by atoms with E-state index in [9.17, 15) is 0 Å². The minimum atomic E-state index is 0.00638. The molecule has 0 saturated carbocycles. The monoisotopic (exact) mass is 338 g/mol. The second-order valence-electron chi connectivity index (χ2n) is 8.84. The van der Waals surface area contributed by atoms with Gasteiger partial charge >= 0.3 is 0 Å². The van der Waals surface area contributed by atoms with Gasteiger partial charge < -0.3 is 9.97 Å². The number of hydrogen-bond donors (Lipinski definition) is 2. The van der Waals surface area contributed by atoms with Crippen LogP contribution in [0.15, 0.2) is 48.5 Å². The lowest BCUT2D eigenvalue weighted by Gasteiger charge is -2.22. The van der Waals surface area contributed by atoms with Gasteiger partial charge in [-0.15, -0.1) is 0 Å². The Kier molecular flexibility index (Phi) is 2.30. The summed E-state index contributed by atoms with van der Waals surface area (Å²) in [5, 5.41) is 0. The molecule has 0 fully saturated rings. The molecule has 6 rings (SSSR count). The zero-order chi connectivity index (χ0) is 17.8. The van der Waals surface area contributed by atoms with E-state index in [0.29, 0.717) is 0 Å². The first-order valence-corrected chi connectivity index (χ1v) is 9.40. The number of hydrogen-bond acceptors (Lipinski definition) is 0. The molecule has 2 aliphatic rings. The predicted octanol–water partition coefficient (Wildman–Crippen LogP) is 6.11. The van der Waals surface area contributed by atoms with Gasteiger partial charge in [-0.05, 0) is 11.1 Å². The van der Waals surface area contributed by atoms with E-state index >= 15 is 0 Å². The van der Waals surface area contributed by atoms with Crippen LogP contribution in [-0.2, 0) is 10.8 Å². The molecule has 0 radical (unpaired) electrons. The van der Waals surface area contributed by atoms with E-state index in [1.165, 1.54) is 55.8 Å². The Morgan fingerprint density at radius 2 is 0.962 bits per heavy atom. The molecule has 0 spiro atoms. The molecular weight excluding hydrogens is 316 g/mol. The van der Waals surface area contributed by atoms with Gasteiger partial charge in [0.1, 0.15) is 0 Å². The third-order valence-corrected chi connectivity index (χ3v) is 6.74. The normalized spacial score (nSPS) is 17.8. The van der Waals surface area contributed by atoms with Crippen LogP contribution in [-0.4, -0.2) is 9.97 Å². The molecular formula is C24H22N2. The predicted molar refractivity (Wildman–Crippen MR) is 108 cm³/mol. The van der Waals surface area contributed by atoms with Crippen molar-refractivity contribution in [1.82, 2.24) is 9.97 Å². The van der Waals surface area contributed by atoms with Gasteiger partial charge in [0.2, 0.25) is 0 Å². The summed E-state index contributed by atoms with van der Waals surface area (Å²) in [6.07, 6.45) is 0. The number of benzene rings is 2. The van der Waals surface area contributed by atoms with Gasteiger partial charge in [0.15, 0.2) is 0 Å². The third-order valence-electron chi connectivity index (χ3n) is 6.74. The highest BCUT2D eigenvalue weighted by molar-refractivity contribution is 6.02. The Labute approximate surface area is 153 Å². The van der Waals surface area contributed by atoms with Crippen molar-refractivity contribution < 1.29 is 0 Å². The van der Waals surface area contributed by atoms with Gasteiger partial charge in [0.25, 0.3) is 0 Å². The molecule has 0 atom stereocenters. The lowest BCUT2D eigenvalue weighted by molar-refractivity contribution is 0.664. The van der Waals surface area contributed by atoms with E-state index in [0.717, 1.165) is 0 Å². The lowest BCUT2D eigenvalue weighted by Crippen LogP contribution is -2.15. The van der Waals surface area contributed by atoms with Gasteiger partial charge in [-0.25, -0.2) is 0 Å².